The molecule has 4 atom stereocenters. The van der Waals surface area contributed by atoms with Crippen LogP contribution in [0.25, 0.3) is 0 Å². The molecule has 2 saturated heterocycles. The molecule has 2 rings (SSSR count). The van der Waals surface area contributed by atoms with E-state index in [4.69, 9.17) is 4.74 Å². The Morgan fingerprint density at radius 1 is 1.38 bits per heavy atom. The largest absolute Gasteiger partial charge is 0.378 e. The molecule has 0 spiro atoms. The quantitative estimate of drug-likeness (QED) is 0.805. The highest BCUT2D eigenvalue weighted by molar-refractivity contribution is 7.88. The molecular formula is C15H30N2O3S. The molecular weight excluding hydrogens is 288 g/mol. The lowest BCUT2D eigenvalue weighted by molar-refractivity contribution is 0.0735. The topological polar surface area (TPSA) is 58.6 Å². The number of rotatable bonds is 6. The van der Waals surface area contributed by atoms with Gasteiger partial charge in [0, 0.05) is 31.7 Å². The fourth-order valence-corrected chi connectivity index (χ4v) is 4.87. The Labute approximate surface area is 129 Å². The van der Waals surface area contributed by atoms with Crippen LogP contribution in [0.5, 0.6) is 0 Å². The summed E-state index contributed by atoms with van der Waals surface area (Å²) in [5, 5.41) is 3.46. The summed E-state index contributed by atoms with van der Waals surface area (Å²) in [5.41, 5.74) is 0. The maximum absolute atomic E-state index is 11.7. The number of nitrogens with one attached hydrogen (secondary N) is 1. The molecule has 2 fully saturated rings. The first kappa shape index (κ1) is 17.2. The lowest BCUT2D eigenvalue weighted by Gasteiger charge is -2.35. The minimum absolute atomic E-state index is 0.358. The molecule has 21 heavy (non-hydrogen) atoms. The molecule has 0 aromatic rings. The van der Waals surface area contributed by atoms with E-state index < -0.39 is 10.0 Å². The fraction of sp³-hybridized carbons (Fsp3) is 1.00. The zero-order valence-corrected chi connectivity index (χ0v) is 14.4. The van der Waals surface area contributed by atoms with E-state index in [0.717, 1.165) is 38.7 Å². The third-order valence-corrected chi connectivity index (χ3v) is 6.36. The summed E-state index contributed by atoms with van der Waals surface area (Å²) in [6, 6.07) is 0.432. The van der Waals surface area contributed by atoms with E-state index in [0.29, 0.717) is 37.1 Å². The van der Waals surface area contributed by atoms with Crippen molar-refractivity contribution >= 4 is 10.0 Å². The lowest BCUT2D eigenvalue weighted by Crippen LogP contribution is -2.44. The van der Waals surface area contributed by atoms with Crippen LogP contribution in [0.4, 0.5) is 0 Å². The summed E-state index contributed by atoms with van der Waals surface area (Å²) >= 11 is 0. The van der Waals surface area contributed by atoms with Gasteiger partial charge in [-0.2, -0.15) is 0 Å². The van der Waals surface area contributed by atoms with Gasteiger partial charge in [0.15, 0.2) is 0 Å². The summed E-state index contributed by atoms with van der Waals surface area (Å²) in [6.07, 6.45) is 7.02. The van der Waals surface area contributed by atoms with Crippen LogP contribution in [0.2, 0.25) is 0 Å². The average Bonchev–Trinajstić information content (AvgIpc) is 2.92. The Balaban J connectivity index is 1.95. The third-order valence-electron chi connectivity index (χ3n) is 5.09. The molecule has 0 amide bonds. The number of piperidine rings is 1. The Hall–Kier alpha value is -0.170. The summed E-state index contributed by atoms with van der Waals surface area (Å²) in [5.74, 6) is 1.03. The van der Waals surface area contributed by atoms with Gasteiger partial charge in [-0.15, -0.1) is 0 Å². The monoisotopic (exact) mass is 318 g/mol. The van der Waals surface area contributed by atoms with Gasteiger partial charge in [-0.3, -0.25) is 0 Å². The molecule has 0 aromatic heterocycles. The zero-order chi connectivity index (χ0) is 15.5. The number of sulfonamides is 1. The maximum atomic E-state index is 11.7. The van der Waals surface area contributed by atoms with Crippen LogP contribution in [-0.4, -0.2) is 57.9 Å². The SMILES string of the molecule is CCC1OCCC1C(CC1CCCN(S(C)(=O)=O)C1)NC. The second-order valence-corrected chi connectivity index (χ2v) is 8.51. The van der Waals surface area contributed by atoms with E-state index in [-0.39, 0.29) is 0 Å². The van der Waals surface area contributed by atoms with E-state index in [1.165, 1.54) is 6.26 Å². The van der Waals surface area contributed by atoms with Gasteiger partial charge in [-0.05, 0) is 45.1 Å². The molecule has 0 aromatic carbocycles. The normalized spacial score (nSPS) is 33.2. The minimum Gasteiger partial charge on any atom is -0.378 e. The van der Waals surface area contributed by atoms with Crippen LogP contribution >= 0.6 is 0 Å². The van der Waals surface area contributed by atoms with Crippen LogP contribution < -0.4 is 5.32 Å². The Morgan fingerprint density at radius 3 is 2.76 bits per heavy atom. The number of ether oxygens (including phenoxy) is 1. The maximum Gasteiger partial charge on any atom is 0.211 e. The number of hydrogen-bond donors (Lipinski definition) is 1. The van der Waals surface area contributed by atoms with Crippen molar-refractivity contribution in [2.24, 2.45) is 11.8 Å². The van der Waals surface area contributed by atoms with Crippen molar-refractivity contribution in [3.63, 3.8) is 0 Å². The number of nitrogens with zero attached hydrogens (tertiary/aromatic N) is 1. The molecule has 2 heterocycles. The highest BCUT2D eigenvalue weighted by Gasteiger charge is 2.35. The standard InChI is InChI=1S/C15H30N2O3S/c1-4-15-13(7-9-20-15)14(16-2)10-12-6-5-8-17(11-12)21(3,18)19/h12-16H,4-11H2,1-3H3. The predicted octanol–water partition coefficient (Wildman–Crippen LogP) is 1.45. The first-order valence-electron chi connectivity index (χ1n) is 8.19. The Morgan fingerprint density at radius 2 is 2.14 bits per heavy atom. The van der Waals surface area contributed by atoms with Gasteiger partial charge in [-0.1, -0.05) is 6.92 Å². The van der Waals surface area contributed by atoms with Gasteiger partial charge in [-0.25, -0.2) is 12.7 Å². The van der Waals surface area contributed by atoms with Crippen molar-refractivity contribution in [3.8, 4) is 0 Å². The van der Waals surface area contributed by atoms with E-state index in [9.17, 15) is 8.42 Å². The van der Waals surface area contributed by atoms with Crippen LogP contribution in [0, 0.1) is 11.8 Å². The first-order valence-corrected chi connectivity index (χ1v) is 10.0. The first-order chi connectivity index (χ1) is 9.95. The molecule has 2 aliphatic heterocycles. The second kappa shape index (κ2) is 7.40. The summed E-state index contributed by atoms with van der Waals surface area (Å²) in [6.45, 7) is 4.41. The Kier molecular flexibility index (Phi) is 6.05. The van der Waals surface area contributed by atoms with Crippen LogP contribution in [0.15, 0.2) is 0 Å². The average molecular weight is 318 g/mol. The van der Waals surface area contributed by atoms with E-state index in [1.807, 2.05) is 7.05 Å². The van der Waals surface area contributed by atoms with E-state index in [1.54, 1.807) is 4.31 Å². The molecule has 2 aliphatic rings. The van der Waals surface area contributed by atoms with Crippen LogP contribution in [-0.2, 0) is 14.8 Å². The van der Waals surface area contributed by atoms with Gasteiger partial charge >= 0.3 is 0 Å². The number of hydrogen-bond acceptors (Lipinski definition) is 4. The zero-order valence-electron chi connectivity index (χ0n) is 13.5. The molecule has 124 valence electrons. The van der Waals surface area contributed by atoms with Gasteiger partial charge < -0.3 is 10.1 Å². The van der Waals surface area contributed by atoms with Gasteiger partial charge in [0.25, 0.3) is 0 Å². The molecule has 0 aliphatic carbocycles. The highest BCUT2D eigenvalue weighted by atomic mass is 32.2. The minimum atomic E-state index is -3.05. The van der Waals surface area contributed by atoms with E-state index >= 15 is 0 Å². The van der Waals surface area contributed by atoms with Crippen molar-refractivity contribution in [1.82, 2.24) is 9.62 Å². The summed E-state index contributed by atoms with van der Waals surface area (Å²) < 4.78 is 30.9. The van der Waals surface area contributed by atoms with Gasteiger partial charge in [0.05, 0.1) is 12.4 Å². The molecule has 0 radical (unpaired) electrons. The van der Waals surface area contributed by atoms with Crippen LogP contribution in [0.1, 0.15) is 39.0 Å². The van der Waals surface area contributed by atoms with Gasteiger partial charge in [0.2, 0.25) is 10.0 Å². The van der Waals surface area contributed by atoms with Crippen molar-refractivity contribution in [2.75, 3.05) is 33.0 Å². The molecule has 0 bridgehead atoms. The second-order valence-electron chi connectivity index (χ2n) is 6.53. The summed E-state index contributed by atoms with van der Waals surface area (Å²) in [7, 11) is -1.03. The highest BCUT2D eigenvalue weighted by Crippen LogP contribution is 2.31. The van der Waals surface area contributed by atoms with Crippen LogP contribution in [0.3, 0.4) is 0 Å². The Bertz CT molecular complexity index is 427. The molecule has 1 N–H and O–H groups in total. The molecule has 4 unspecified atom stereocenters. The predicted molar refractivity (Wildman–Crippen MR) is 84.7 cm³/mol. The molecule has 6 heteroatoms. The van der Waals surface area contributed by atoms with Crippen molar-refractivity contribution in [2.45, 2.75) is 51.2 Å². The molecule has 5 nitrogen and oxygen atoms in total. The van der Waals surface area contributed by atoms with Crippen molar-refractivity contribution in [1.29, 1.82) is 0 Å². The molecule has 0 saturated carbocycles. The smallest absolute Gasteiger partial charge is 0.211 e. The van der Waals surface area contributed by atoms with Gasteiger partial charge in [0.1, 0.15) is 0 Å². The van der Waals surface area contributed by atoms with Crippen molar-refractivity contribution < 1.29 is 13.2 Å². The summed E-state index contributed by atoms with van der Waals surface area (Å²) in [4.78, 5) is 0. The third kappa shape index (κ3) is 4.41. The fourth-order valence-electron chi connectivity index (χ4n) is 3.93. The lowest BCUT2D eigenvalue weighted by atomic mass is 9.83. The van der Waals surface area contributed by atoms with Crippen molar-refractivity contribution in [3.05, 3.63) is 0 Å². The van der Waals surface area contributed by atoms with E-state index in [2.05, 4.69) is 12.2 Å².